The number of primary amides is 1. The maximum atomic E-state index is 10.5. The average Bonchev–Trinajstić information content (AvgIpc) is 2.83. The summed E-state index contributed by atoms with van der Waals surface area (Å²) < 4.78 is 1.68. The smallest absolute Gasteiger partial charge is 0.234 e. The second kappa shape index (κ2) is 4.90. The third-order valence-electron chi connectivity index (χ3n) is 1.87. The third kappa shape index (κ3) is 2.89. The fraction of sp³-hybridized carbons (Fsp3) is 0.0909. The summed E-state index contributed by atoms with van der Waals surface area (Å²) in [6, 6.07) is 0. The quantitative estimate of drug-likeness (QED) is 0.725. The van der Waals surface area contributed by atoms with Crippen LogP contribution in [0.4, 0.5) is 0 Å². The molecule has 2 aromatic rings. The molecule has 17 heavy (non-hydrogen) atoms. The van der Waals surface area contributed by atoms with Crippen LogP contribution in [0.3, 0.4) is 0 Å². The number of aromatic nitrogens is 4. The highest BCUT2D eigenvalue weighted by molar-refractivity contribution is 5.76. The maximum Gasteiger partial charge on any atom is 0.234 e. The Hall–Kier alpha value is -2.68. The van der Waals surface area contributed by atoms with Crippen molar-refractivity contribution < 1.29 is 4.79 Å². The second-order valence-corrected chi connectivity index (χ2v) is 3.19. The van der Waals surface area contributed by atoms with Crippen molar-refractivity contribution >= 4 is 5.91 Å². The van der Waals surface area contributed by atoms with Gasteiger partial charge in [-0.3, -0.25) is 9.36 Å². The second-order valence-electron chi connectivity index (χ2n) is 3.19. The van der Waals surface area contributed by atoms with Gasteiger partial charge in [0.2, 0.25) is 11.9 Å². The summed E-state index contributed by atoms with van der Waals surface area (Å²) in [5, 5.41) is 0. The molecule has 2 rings (SSSR count). The molecule has 6 nitrogen and oxygen atoms in total. The topological polar surface area (TPSA) is 86.7 Å². The number of hydrogen-bond acceptors (Lipinski definition) is 4. The summed E-state index contributed by atoms with van der Waals surface area (Å²) in [4.78, 5) is 22.6. The highest BCUT2D eigenvalue weighted by atomic mass is 16.1. The maximum absolute atomic E-state index is 10.5. The van der Waals surface area contributed by atoms with Crippen LogP contribution in [-0.2, 0) is 4.79 Å². The number of carbonyl (C=O) groups excluding carboxylic acids is 1. The van der Waals surface area contributed by atoms with Gasteiger partial charge in [-0.05, 0) is 0 Å². The van der Waals surface area contributed by atoms with E-state index < -0.39 is 5.91 Å². The zero-order valence-electron chi connectivity index (χ0n) is 8.87. The SMILES string of the molecule is NC(=O)CC#Cc1cnc(-n2ccnc2)nc1. The molecule has 0 saturated carbocycles. The molecule has 0 spiro atoms. The molecule has 6 heteroatoms. The van der Waals surface area contributed by atoms with Gasteiger partial charge in [0.15, 0.2) is 0 Å². The van der Waals surface area contributed by atoms with Crippen LogP contribution in [0.5, 0.6) is 0 Å². The van der Waals surface area contributed by atoms with Crippen molar-refractivity contribution in [2.45, 2.75) is 6.42 Å². The first-order chi connectivity index (χ1) is 8.25. The Morgan fingerprint density at radius 2 is 2.18 bits per heavy atom. The molecule has 2 heterocycles. The van der Waals surface area contributed by atoms with Crippen molar-refractivity contribution in [3.8, 4) is 17.8 Å². The first-order valence-electron chi connectivity index (χ1n) is 4.83. The van der Waals surface area contributed by atoms with Crippen LogP contribution in [0.1, 0.15) is 12.0 Å². The lowest BCUT2D eigenvalue weighted by Crippen LogP contribution is -2.08. The number of nitrogens with two attached hydrogens (primary N) is 1. The molecule has 0 aliphatic rings. The number of hydrogen-bond donors (Lipinski definition) is 1. The lowest BCUT2D eigenvalue weighted by atomic mass is 10.3. The molecule has 0 bridgehead atoms. The van der Waals surface area contributed by atoms with E-state index in [1.54, 1.807) is 35.7 Å². The molecule has 0 radical (unpaired) electrons. The van der Waals surface area contributed by atoms with Gasteiger partial charge in [0.05, 0.1) is 12.0 Å². The summed E-state index contributed by atoms with van der Waals surface area (Å²) in [6.45, 7) is 0. The molecule has 2 aromatic heterocycles. The summed E-state index contributed by atoms with van der Waals surface area (Å²) in [7, 11) is 0. The highest BCUT2D eigenvalue weighted by Crippen LogP contribution is 1.99. The highest BCUT2D eigenvalue weighted by Gasteiger charge is 1.97. The van der Waals surface area contributed by atoms with Crippen LogP contribution < -0.4 is 5.73 Å². The minimum Gasteiger partial charge on any atom is -0.369 e. The molecule has 0 aliphatic heterocycles. The van der Waals surface area contributed by atoms with E-state index in [9.17, 15) is 4.79 Å². The lowest BCUT2D eigenvalue weighted by molar-refractivity contribution is -0.117. The predicted molar refractivity (Wildman–Crippen MR) is 59.8 cm³/mol. The van der Waals surface area contributed by atoms with E-state index in [1.807, 2.05) is 0 Å². The zero-order chi connectivity index (χ0) is 12.1. The monoisotopic (exact) mass is 227 g/mol. The van der Waals surface area contributed by atoms with Crippen LogP contribution in [0.15, 0.2) is 31.1 Å². The lowest BCUT2D eigenvalue weighted by Gasteiger charge is -1.98. The molecule has 1 amide bonds. The standard InChI is InChI=1S/C11H9N5O/c12-10(17)3-1-2-9-6-14-11(15-7-9)16-5-4-13-8-16/h4-8H,3H2,(H2,12,17). The van der Waals surface area contributed by atoms with E-state index in [1.165, 1.54) is 0 Å². The first kappa shape index (κ1) is 10.8. The average molecular weight is 227 g/mol. The molecule has 0 fully saturated rings. The van der Waals surface area contributed by atoms with Gasteiger partial charge in [0.25, 0.3) is 0 Å². The molecule has 2 N–H and O–H groups in total. The Kier molecular flexibility index (Phi) is 3.12. The molecule has 0 atom stereocenters. The minimum atomic E-state index is -0.451. The van der Waals surface area contributed by atoms with Gasteiger partial charge in [-0.1, -0.05) is 11.8 Å². The van der Waals surface area contributed by atoms with Crippen LogP contribution >= 0.6 is 0 Å². The fourth-order valence-electron chi connectivity index (χ4n) is 1.13. The Balaban J connectivity index is 2.13. The Bertz CT molecular complexity index is 562. The van der Waals surface area contributed by atoms with Crippen molar-refractivity contribution in [2.75, 3.05) is 0 Å². The van der Waals surface area contributed by atoms with Crippen molar-refractivity contribution in [3.63, 3.8) is 0 Å². The van der Waals surface area contributed by atoms with Gasteiger partial charge >= 0.3 is 0 Å². The molecule has 0 saturated heterocycles. The molecule has 0 unspecified atom stereocenters. The molecule has 0 aliphatic carbocycles. The molecular weight excluding hydrogens is 218 g/mol. The fourth-order valence-corrected chi connectivity index (χ4v) is 1.13. The van der Waals surface area contributed by atoms with Crippen LogP contribution in [0, 0.1) is 11.8 Å². The van der Waals surface area contributed by atoms with Gasteiger partial charge < -0.3 is 5.73 Å². The van der Waals surface area contributed by atoms with E-state index in [4.69, 9.17) is 5.73 Å². The van der Waals surface area contributed by atoms with Gasteiger partial charge in [0.1, 0.15) is 6.33 Å². The van der Waals surface area contributed by atoms with Crippen LogP contribution in [0.2, 0.25) is 0 Å². The van der Waals surface area contributed by atoms with Gasteiger partial charge in [-0.25, -0.2) is 15.0 Å². The van der Waals surface area contributed by atoms with Crippen molar-refractivity contribution in [1.29, 1.82) is 0 Å². The van der Waals surface area contributed by atoms with Crippen LogP contribution in [0.25, 0.3) is 5.95 Å². The number of rotatable bonds is 2. The van der Waals surface area contributed by atoms with E-state index in [-0.39, 0.29) is 6.42 Å². The number of nitrogens with zero attached hydrogens (tertiary/aromatic N) is 4. The largest absolute Gasteiger partial charge is 0.369 e. The van der Waals surface area contributed by atoms with Gasteiger partial charge in [-0.15, -0.1) is 0 Å². The summed E-state index contributed by atoms with van der Waals surface area (Å²) in [5.74, 6) is 5.45. The summed E-state index contributed by atoms with van der Waals surface area (Å²) in [6.07, 6.45) is 8.18. The molecule has 0 aromatic carbocycles. The molecule has 84 valence electrons. The zero-order valence-corrected chi connectivity index (χ0v) is 8.87. The van der Waals surface area contributed by atoms with E-state index in [2.05, 4.69) is 26.8 Å². The van der Waals surface area contributed by atoms with Crippen molar-refractivity contribution in [1.82, 2.24) is 19.5 Å². The van der Waals surface area contributed by atoms with Crippen LogP contribution in [-0.4, -0.2) is 25.4 Å². The number of imidazole rings is 1. The van der Waals surface area contributed by atoms with Crippen molar-refractivity contribution in [3.05, 3.63) is 36.7 Å². The number of amides is 1. The Morgan fingerprint density at radius 3 is 2.76 bits per heavy atom. The summed E-state index contributed by atoms with van der Waals surface area (Å²) in [5.41, 5.74) is 5.60. The Labute approximate surface area is 97.5 Å². The normalized spacial score (nSPS) is 9.41. The predicted octanol–water partition coefficient (Wildman–Crippen LogP) is -0.111. The minimum absolute atomic E-state index is 0.0310. The first-order valence-corrected chi connectivity index (χ1v) is 4.83. The van der Waals surface area contributed by atoms with Gasteiger partial charge in [0, 0.05) is 24.8 Å². The third-order valence-corrected chi connectivity index (χ3v) is 1.87. The molecular formula is C11H9N5O. The van der Waals surface area contributed by atoms with Gasteiger partial charge in [-0.2, -0.15) is 0 Å². The van der Waals surface area contributed by atoms with Crippen molar-refractivity contribution in [2.24, 2.45) is 5.73 Å². The van der Waals surface area contributed by atoms with E-state index in [0.29, 0.717) is 11.5 Å². The Morgan fingerprint density at radius 1 is 1.41 bits per heavy atom. The van der Waals surface area contributed by atoms with E-state index in [0.717, 1.165) is 0 Å². The number of carbonyl (C=O) groups is 1. The summed E-state index contributed by atoms with van der Waals surface area (Å²) >= 11 is 0. The van der Waals surface area contributed by atoms with E-state index >= 15 is 0 Å².